The van der Waals surface area contributed by atoms with Crippen LogP contribution in [0.2, 0.25) is 0 Å². The van der Waals surface area contributed by atoms with E-state index in [1.54, 1.807) is 0 Å². The molecule has 1 aliphatic rings. The van der Waals surface area contributed by atoms with Gasteiger partial charge in [-0.1, -0.05) is 24.3 Å². The van der Waals surface area contributed by atoms with Crippen LogP contribution in [0.5, 0.6) is 0 Å². The van der Waals surface area contributed by atoms with Gasteiger partial charge in [-0.25, -0.2) is 4.57 Å². The molecule has 0 unspecified atom stereocenters. The van der Waals surface area contributed by atoms with Crippen molar-refractivity contribution in [2.45, 2.75) is 12.8 Å². The Morgan fingerprint density at radius 3 is 1.95 bits per heavy atom. The summed E-state index contributed by atoms with van der Waals surface area (Å²) >= 11 is 0. The zero-order chi connectivity index (χ0) is 13.8. The molecular weight excluding hydrogens is 371 g/mol. The van der Waals surface area contributed by atoms with Crippen molar-refractivity contribution in [3.8, 4) is 0 Å². The Morgan fingerprint density at radius 2 is 1.38 bits per heavy atom. The minimum Gasteiger partial charge on any atom is -1.00 e. The van der Waals surface area contributed by atoms with Crippen molar-refractivity contribution < 1.29 is 28.5 Å². The van der Waals surface area contributed by atoms with Gasteiger partial charge in [-0.05, 0) is 36.1 Å². The number of aromatic nitrogens is 1. The molecule has 0 N–H and O–H groups in total. The first-order valence-electron chi connectivity index (χ1n) is 7.30. The van der Waals surface area contributed by atoms with Crippen LogP contribution >= 0.6 is 0 Å². The predicted molar refractivity (Wildman–Crippen MR) is 84.4 cm³/mol. The van der Waals surface area contributed by atoms with Gasteiger partial charge in [0.1, 0.15) is 7.05 Å². The lowest BCUT2D eigenvalue weighted by molar-refractivity contribution is -0.671. The third kappa shape index (κ3) is 4.30. The normalized spacial score (nSPS) is 14.4. The molecule has 3 rings (SSSR count). The fourth-order valence-corrected chi connectivity index (χ4v) is 2.59. The number of anilines is 1. The Morgan fingerprint density at radius 1 is 0.857 bits per heavy atom. The number of nitrogens with zero attached hydrogens (tertiary/aromatic N) is 2. The van der Waals surface area contributed by atoms with E-state index in [1.165, 1.54) is 42.7 Å². The van der Waals surface area contributed by atoms with Gasteiger partial charge < -0.3 is 28.9 Å². The molecule has 2 nitrogen and oxygen atoms in total. The van der Waals surface area contributed by atoms with Gasteiger partial charge >= 0.3 is 0 Å². The zero-order valence-corrected chi connectivity index (χ0v) is 14.5. The molecule has 3 heteroatoms. The first-order chi connectivity index (χ1) is 9.81. The van der Waals surface area contributed by atoms with Crippen LogP contribution in [0.25, 0.3) is 12.2 Å². The van der Waals surface area contributed by atoms with Crippen LogP contribution in [0.15, 0.2) is 48.8 Å². The molecule has 0 bridgehead atoms. The Bertz CT molecular complexity index is 582. The van der Waals surface area contributed by atoms with Crippen molar-refractivity contribution in [2.75, 3.05) is 18.0 Å². The molecule has 1 saturated heterocycles. The molecule has 2 aromatic rings. The minimum atomic E-state index is 0. The number of hydrogen-bond acceptors (Lipinski definition) is 1. The molecule has 0 radical (unpaired) electrons. The summed E-state index contributed by atoms with van der Waals surface area (Å²) in [6.45, 7) is 2.41. The summed E-state index contributed by atoms with van der Waals surface area (Å²) in [5, 5.41) is 0. The van der Waals surface area contributed by atoms with Gasteiger partial charge in [-0.2, -0.15) is 0 Å². The van der Waals surface area contributed by atoms with E-state index in [0.29, 0.717) is 0 Å². The quantitative estimate of drug-likeness (QED) is 0.538. The van der Waals surface area contributed by atoms with Crippen molar-refractivity contribution in [3.05, 3.63) is 59.9 Å². The highest BCUT2D eigenvalue weighted by atomic mass is 127. The molecule has 21 heavy (non-hydrogen) atoms. The molecular formula is C18H21IN2. The van der Waals surface area contributed by atoms with E-state index in [4.69, 9.17) is 0 Å². The molecule has 0 aliphatic carbocycles. The third-order valence-electron chi connectivity index (χ3n) is 3.84. The van der Waals surface area contributed by atoms with E-state index in [9.17, 15) is 0 Å². The summed E-state index contributed by atoms with van der Waals surface area (Å²) < 4.78 is 2.04. The van der Waals surface area contributed by atoms with Crippen molar-refractivity contribution in [3.63, 3.8) is 0 Å². The van der Waals surface area contributed by atoms with E-state index < -0.39 is 0 Å². The molecule has 1 aromatic heterocycles. The molecule has 2 heterocycles. The molecule has 1 aliphatic heterocycles. The Balaban J connectivity index is 0.00000161. The van der Waals surface area contributed by atoms with Crippen molar-refractivity contribution in [2.24, 2.45) is 7.05 Å². The van der Waals surface area contributed by atoms with Crippen LogP contribution < -0.4 is 33.4 Å². The Kier molecular flexibility index (Phi) is 5.79. The number of pyridine rings is 1. The number of benzene rings is 1. The van der Waals surface area contributed by atoms with Crippen LogP contribution in [-0.2, 0) is 7.05 Å². The van der Waals surface area contributed by atoms with Crippen LogP contribution in [-0.4, -0.2) is 13.1 Å². The van der Waals surface area contributed by atoms with Crippen LogP contribution in [0.1, 0.15) is 24.0 Å². The molecule has 0 saturated carbocycles. The first-order valence-corrected chi connectivity index (χ1v) is 7.30. The fraction of sp³-hybridized carbons (Fsp3) is 0.278. The number of aryl methyl sites for hydroxylation is 1. The summed E-state index contributed by atoms with van der Waals surface area (Å²) in [5.41, 5.74) is 3.83. The maximum atomic E-state index is 2.46. The van der Waals surface area contributed by atoms with Gasteiger partial charge in [-0.15, -0.1) is 0 Å². The number of hydrogen-bond donors (Lipinski definition) is 0. The van der Waals surface area contributed by atoms with Crippen LogP contribution in [0.4, 0.5) is 5.69 Å². The van der Waals surface area contributed by atoms with Crippen molar-refractivity contribution in [1.82, 2.24) is 0 Å². The van der Waals surface area contributed by atoms with E-state index >= 15 is 0 Å². The second-order valence-electron chi connectivity index (χ2n) is 5.42. The highest BCUT2D eigenvalue weighted by Crippen LogP contribution is 2.21. The van der Waals surface area contributed by atoms with E-state index in [0.717, 1.165) is 0 Å². The lowest BCUT2D eigenvalue weighted by Gasteiger charge is -2.17. The summed E-state index contributed by atoms with van der Waals surface area (Å²) in [5.74, 6) is 0. The van der Waals surface area contributed by atoms with E-state index in [1.807, 2.05) is 11.6 Å². The average Bonchev–Trinajstić information content (AvgIpc) is 3.01. The van der Waals surface area contributed by atoms with Crippen LogP contribution in [0, 0.1) is 0 Å². The number of rotatable bonds is 3. The van der Waals surface area contributed by atoms with Gasteiger partial charge in [0.15, 0.2) is 12.4 Å². The number of halogens is 1. The standard InChI is InChI=1S/C18H21N2.HI/c1-19-14-10-17(11-15-19)5-4-16-6-8-18(9-7-16)20-12-2-3-13-20;/h4-11,14-15H,2-3,12-13H2,1H3;1H/q+1;/p-1. The molecule has 0 atom stereocenters. The summed E-state index contributed by atoms with van der Waals surface area (Å²) in [6, 6.07) is 13.1. The highest BCUT2D eigenvalue weighted by molar-refractivity contribution is 5.70. The van der Waals surface area contributed by atoms with Crippen LogP contribution in [0.3, 0.4) is 0 Å². The minimum absolute atomic E-state index is 0. The molecule has 1 aromatic carbocycles. The average molecular weight is 392 g/mol. The maximum Gasteiger partial charge on any atom is 0.169 e. The second-order valence-corrected chi connectivity index (χ2v) is 5.42. The Labute approximate surface area is 144 Å². The molecule has 0 amide bonds. The van der Waals surface area contributed by atoms with Gasteiger partial charge in [0, 0.05) is 30.9 Å². The molecule has 1 fully saturated rings. The topological polar surface area (TPSA) is 7.12 Å². The lowest BCUT2D eigenvalue weighted by Crippen LogP contribution is -3.00. The van der Waals surface area contributed by atoms with E-state index in [-0.39, 0.29) is 24.0 Å². The highest BCUT2D eigenvalue weighted by Gasteiger charge is 2.11. The largest absolute Gasteiger partial charge is 1.00 e. The van der Waals surface area contributed by atoms with Crippen molar-refractivity contribution in [1.29, 1.82) is 0 Å². The summed E-state index contributed by atoms with van der Waals surface area (Å²) in [7, 11) is 2.03. The SMILES string of the molecule is C[n+]1ccc(C=Cc2ccc(N3CCCC3)cc2)cc1.[I-]. The summed E-state index contributed by atoms with van der Waals surface area (Å²) in [6.07, 6.45) is 11.1. The monoisotopic (exact) mass is 392 g/mol. The van der Waals surface area contributed by atoms with Gasteiger partial charge in [-0.3, -0.25) is 0 Å². The predicted octanol–water partition coefficient (Wildman–Crippen LogP) is 0.286. The van der Waals surface area contributed by atoms with Gasteiger partial charge in [0.25, 0.3) is 0 Å². The van der Waals surface area contributed by atoms with E-state index in [2.05, 4.69) is 65.8 Å². The van der Waals surface area contributed by atoms with Gasteiger partial charge in [0.05, 0.1) is 0 Å². The fourth-order valence-electron chi connectivity index (χ4n) is 2.59. The maximum absolute atomic E-state index is 2.46. The van der Waals surface area contributed by atoms with Crippen molar-refractivity contribution >= 4 is 17.8 Å². The van der Waals surface area contributed by atoms with Gasteiger partial charge in [0.2, 0.25) is 0 Å². The third-order valence-corrected chi connectivity index (χ3v) is 3.84. The smallest absolute Gasteiger partial charge is 0.169 e. The zero-order valence-electron chi connectivity index (χ0n) is 12.4. The summed E-state index contributed by atoms with van der Waals surface area (Å²) in [4.78, 5) is 2.46. The second kappa shape index (κ2) is 7.59. The molecule has 0 spiro atoms. The lowest BCUT2D eigenvalue weighted by atomic mass is 10.1. The molecule has 110 valence electrons. The first kappa shape index (κ1) is 16.0. The Hall–Kier alpha value is -1.36.